The van der Waals surface area contributed by atoms with Crippen molar-refractivity contribution < 1.29 is 14.6 Å². The van der Waals surface area contributed by atoms with Crippen molar-refractivity contribution in [3.05, 3.63) is 54.6 Å². The molecule has 220 valence electrons. The van der Waals surface area contributed by atoms with Gasteiger partial charge in [0.1, 0.15) is 18.2 Å². The molecule has 2 bridgehead atoms. The van der Waals surface area contributed by atoms with Crippen LogP contribution < -0.4 is 9.64 Å². The second kappa shape index (κ2) is 11.3. The van der Waals surface area contributed by atoms with Gasteiger partial charge in [0.05, 0.1) is 11.6 Å². The van der Waals surface area contributed by atoms with E-state index in [1.807, 2.05) is 23.1 Å². The highest BCUT2D eigenvalue weighted by atomic mass is 16.5. The maximum atomic E-state index is 12.9. The number of phenols is 1. The number of aromatic nitrogens is 2. The van der Waals surface area contributed by atoms with Crippen molar-refractivity contribution in [1.29, 1.82) is 5.26 Å². The minimum Gasteiger partial charge on any atom is -0.508 e. The van der Waals surface area contributed by atoms with Crippen LogP contribution >= 0.6 is 0 Å². The number of benzene rings is 3. The van der Waals surface area contributed by atoms with E-state index < -0.39 is 0 Å². The Bertz CT molecular complexity index is 1720. The fraction of sp³-hybridized carbons (Fsp3) is 0.412. The summed E-state index contributed by atoms with van der Waals surface area (Å²) in [4.78, 5) is 29.5. The molecule has 4 aromatic rings. The molecule has 0 spiro atoms. The van der Waals surface area contributed by atoms with Gasteiger partial charge in [-0.15, -0.1) is 0 Å². The van der Waals surface area contributed by atoms with Gasteiger partial charge in [0.15, 0.2) is 0 Å². The summed E-state index contributed by atoms with van der Waals surface area (Å²) in [5.74, 6) is 1.13. The first kappa shape index (κ1) is 27.4. The van der Waals surface area contributed by atoms with Gasteiger partial charge in [-0.25, -0.2) is 0 Å². The number of ether oxygens (including phenoxy) is 1. The van der Waals surface area contributed by atoms with Gasteiger partial charge >= 0.3 is 6.01 Å². The third kappa shape index (κ3) is 5.21. The number of carbonyl (C=O) groups is 1. The molecule has 3 aromatic carbocycles. The molecule has 3 saturated heterocycles. The Balaban J connectivity index is 1.27. The van der Waals surface area contributed by atoms with Crippen LogP contribution in [-0.4, -0.2) is 82.2 Å². The number of likely N-dealkylation sites (tertiary alicyclic amines) is 1. The molecule has 3 aliphatic heterocycles. The number of amides is 1. The van der Waals surface area contributed by atoms with Crippen molar-refractivity contribution in [1.82, 2.24) is 19.8 Å². The molecule has 3 aliphatic rings. The number of hydrogen-bond acceptors (Lipinski definition) is 8. The molecule has 1 N–H and O–H groups in total. The lowest BCUT2D eigenvalue weighted by Gasteiger charge is -2.42. The van der Waals surface area contributed by atoms with Gasteiger partial charge in [0.25, 0.3) is 0 Å². The van der Waals surface area contributed by atoms with Crippen LogP contribution in [0.15, 0.2) is 54.6 Å². The Labute approximate surface area is 251 Å². The number of carbonyl (C=O) groups excluding carboxylic acids is 1. The first-order chi connectivity index (χ1) is 21.0. The standard InChI is InChI=1S/C34H36N6O3/c1-38-15-5-7-26(38)21-43-34-36-31-17-23(30-18-27(41)16-22-6-2-3-8-28(22)30)10-13-29(31)33(37-34)39-19-24-11-12-25(20-39)40(24)32(42)9-4-14-35/h2-3,6,8,10,13,16-18,24-26,41H,4-5,7,9,11-12,15,19-21H2,1H3/t24?,25?,26-/m0/s1. The fourth-order valence-electron chi connectivity index (χ4n) is 7.23. The van der Waals surface area contributed by atoms with Crippen LogP contribution in [-0.2, 0) is 4.79 Å². The van der Waals surface area contributed by atoms with E-state index in [-0.39, 0.29) is 36.6 Å². The molecular formula is C34H36N6O3. The number of nitrogens with zero attached hydrogens (tertiary/aromatic N) is 6. The highest BCUT2D eigenvalue weighted by Gasteiger charge is 2.43. The van der Waals surface area contributed by atoms with E-state index >= 15 is 0 Å². The predicted octanol–water partition coefficient (Wildman–Crippen LogP) is 5.11. The smallest absolute Gasteiger partial charge is 0.319 e. The van der Waals surface area contributed by atoms with E-state index in [1.165, 1.54) is 0 Å². The van der Waals surface area contributed by atoms with E-state index in [4.69, 9.17) is 20.0 Å². The molecule has 1 aromatic heterocycles. The average molecular weight is 577 g/mol. The lowest BCUT2D eigenvalue weighted by molar-refractivity contribution is -0.134. The van der Waals surface area contributed by atoms with E-state index in [2.05, 4.69) is 47.2 Å². The third-order valence-electron chi connectivity index (χ3n) is 9.41. The van der Waals surface area contributed by atoms with Gasteiger partial charge in [0.2, 0.25) is 5.91 Å². The number of likely N-dealkylation sites (N-methyl/N-ethyl adjacent to an activating group) is 1. The summed E-state index contributed by atoms with van der Waals surface area (Å²) in [6.45, 7) is 2.97. The summed E-state index contributed by atoms with van der Waals surface area (Å²) < 4.78 is 6.28. The maximum Gasteiger partial charge on any atom is 0.319 e. The molecule has 7 rings (SSSR count). The molecule has 0 aliphatic carbocycles. The topological polar surface area (TPSA) is 106 Å². The highest BCUT2D eigenvalue weighted by molar-refractivity contribution is 6.01. The van der Waals surface area contributed by atoms with E-state index in [9.17, 15) is 9.90 Å². The van der Waals surface area contributed by atoms with Crippen LogP contribution in [0.1, 0.15) is 38.5 Å². The molecule has 9 nitrogen and oxygen atoms in total. The van der Waals surface area contributed by atoms with E-state index in [0.717, 1.165) is 70.8 Å². The molecular weight excluding hydrogens is 540 g/mol. The Hall–Kier alpha value is -4.42. The summed E-state index contributed by atoms with van der Waals surface area (Å²) in [5, 5.41) is 22.5. The van der Waals surface area contributed by atoms with Crippen molar-refractivity contribution in [2.75, 3.05) is 38.2 Å². The number of anilines is 1. The summed E-state index contributed by atoms with van der Waals surface area (Å²) >= 11 is 0. The number of piperazine rings is 1. The monoisotopic (exact) mass is 576 g/mol. The molecule has 9 heteroatoms. The van der Waals surface area contributed by atoms with Crippen LogP contribution in [0.2, 0.25) is 0 Å². The lowest BCUT2D eigenvalue weighted by atomic mass is 9.97. The van der Waals surface area contributed by atoms with Crippen LogP contribution in [0, 0.1) is 11.3 Å². The van der Waals surface area contributed by atoms with Crippen molar-refractivity contribution in [3.8, 4) is 29.0 Å². The molecule has 3 atom stereocenters. The summed E-state index contributed by atoms with van der Waals surface area (Å²) in [7, 11) is 2.13. The Morgan fingerprint density at radius 1 is 1.05 bits per heavy atom. The molecule has 3 fully saturated rings. The lowest BCUT2D eigenvalue weighted by Crippen LogP contribution is -2.56. The number of aromatic hydroxyl groups is 1. The Morgan fingerprint density at radius 2 is 1.86 bits per heavy atom. The zero-order valence-corrected chi connectivity index (χ0v) is 24.4. The average Bonchev–Trinajstić information content (AvgIpc) is 3.55. The summed E-state index contributed by atoms with van der Waals surface area (Å²) in [6, 6.07) is 20.9. The Morgan fingerprint density at radius 3 is 2.63 bits per heavy atom. The van der Waals surface area contributed by atoms with Crippen LogP contribution in [0.3, 0.4) is 0 Å². The second-order valence-corrected chi connectivity index (χ2v) is 12.1. The van der Waals surface area contributed by atoms with Gasteiger partial charge in [-0.2, -0.15) is 15.2 Å². The number of rotatable bonds is 7. The van der Waals surface area contributed by atoms with E-state index in [1.54, 1.807) is 12.1 Å². The van der Waals surface area contributed by atoms with Crippen molar-refractivity contribution >= 4 is 33.4 Å². The van der Waals surface area contributed by atoms with Crippen LogP contribution in [0.5, 0.6) is 11.8 Å². The summed E-state index contributed by atoms with van der Waals surface area (Å²) in [6.07, 6.45) is 4.69. The first-order valence-electron chi connectivity index (χ1n) is 15.3. The quantitative estimate of drug-likeness (QED) is 0.324. The molecule has 0 radical (unpaired) electrons. The van der Waals surface area contributed by atoms with Crippen LogP contribution in [0.25, 0.3) is 32.8 Å². The number of fused-ring (bicyclic) bond motifs is 4. The summed E-state index contributed by atoms with van der Waals surface area (Å²) in [5.41, 5.74) is 2.68. The van der Waals surface area contributed by atoms with Gasteiger partial charge in [-0.05, 0) is 85.4 Å². The van der Waals surface area contributed by atoms with Gasteiger partial charge < -0.3 is 24.5 Å². The van der Waals surface area contributed by atoms with Crippen molar-refractivity contribution in [2.45, 2.75) is 56.7 Å². The minimum atomic E-state index is 0.0777. The van der Waals surface area contributed by atoms with Gasteiger partial charge in [0, 0.05) is 49.4 Å². The normalized spacial score (nSPS) is 21.9. The maximum absolute atomic E-state index is 12.9. The predicted molar refractivity (Wildman–Crippen MR) is 166 cm³/mol. The molecule has 2 unspecified atom stereocenters. The number of hydrogen-bond donors (Lipinski definition) is 1. The first-order valence-corrected chi connectivity index (χ1v) is 15.3. The molecule has 1 amide bonds. The SMILES string of the molecule is CN1CCC[C@H]1COc1nc(N2CC3CCC(C2)N3C(=O)CCC#N)c2ccc(-c3cc(O)cc4ccccc34)cc2n1. The van der Waals surface area contributed by atoms with Crippen molar-refractivity contribution in [2.24, 2.45) is 0 Å². The van der Waals surface area contributed by atoms with Crippen LogP contribution in [0.4, 0.5) is 5.82 Å². The fourth-order valence-corrected chi connectivity index (χ4v) is 7.23. The zero-order valence-electron chi connectivity index (χ0n) is 24.4. The van der Waals surface area contributed by atoms with E-state index in [0.29, 0.717) is 31.7 Å². The van der Waals surface area contributed by atoms with Gasteiger partial charge in [-0.1, -0.05) is 30.3 Å². The third-order valence-corrected chi connectivity index (χ3v) is 9.41. The Kier molecular flexibility index (Phi) is 7.23. The highest BCUT2D eigenvalue weighted by Crippen LogP contribution is 2.38. The molecule has 4 heterocycles. The second-order valence-electron chi connectivity index (χ2n) is 12.1. The minimum absolute atomic E-state index is 0.0777. The van der Waals surface area contributed by atoms with Gasteiger partial charge in [-0.3, -0.25) is 4.79 Å². The zero-order chi connectivity index (χ0) is 29.5. The number of nitriles is 1. The number of phenolic OH excluding ortho intramolecular Hbond substituents is 1. The largest absolute Gasteiger partial charge is 0.508 e. The van der Waals surface area contributed by atoms with Crippen molar-refractivity contribution in [3.63, 3.8) is 0 Å². The molecule has 0 saturated carbocycles. The molecule has 43 heavy (non-hydrogen) atoms.